The van der Waals surface area contributed by atoms with Crippen LogP contribution in [0.1, 0.15) is 36.4 Å². The Labute approximate surface area is 234 Å². The van der Waals surface area contributed by atoms with Gasteiger partial charge in [0.1, 0.15) is 23.3 Å². The number of aliphatic hydroxyl groups excluding tert-OH is 1. The van der Waals surface area contributed by atoms with Crippen molar-refractivity contribution in [2.75, 3.05) is 37.1 Å². The molecule has 1 saturated carbocycles. The second-order valence-corrected chi connectivity index (χ2v) is 10.3. The van der Waals surface area contributed by atoms with E-state index in [4.69, 9.17) is 26.2 Å². The maximum absolute atomic E-state index is 14.2. The Kier molecular flexibility index (Phi) is 7.74. The van der Waals surface area contributed by atoms with Gasteiger partial charge in [-0.15, -0.1) is 13.2 Å². The average molecular weight is 577 g/mol. The third kappa shape index (κ3) is 6.08. The van der Waals surface area contributed by atoms with E-state index in [1.54, 1.807) is 48.5 Å². The molecule has 11 heteroatoms. The van der Waals surface area contributed by atoms with E-state index in [2.05, 4.69) is 10.1 Å². The molecule has 2 N–H and O–H groups in total. The Bertz CT molecular complexity index is 1380. The molecule has 3 aromatic rings. The Balaban J connectivity index is 1.50. The predicted molar refractivity (Wildman–Crippen MR) is 144 cm³/mol. The molecule has 7 nitrogen and oxygen atoms in total. The third-order valence-corrected chi connectivity index (χ3v) is 7.35. The lowest BCUT2D eigenvalue weighted by molar-refractivity contribution is -0.274. The number of carbonyl (C=O) groups is 1. The molecule has 5 rings (SSSR count). The highest BCUT2D eigenvalue weighted by atomic mass is 35.5. The normalized spacial score (nSPS) is 15.9. The molecule has 40 heavy (non-hydrogen) atoms. The first-order chi connectivity index (χ1) is 19.1. The van der Waals surface area contributed by atoms with Crippen LogP contribution in [0.4, 0.5) is 24.5 Å². The van der Waals surface area contributed by atoms with Crippen LogP contribution in [0, 0.1) is 0 Å². The number of halogens is 4. The van der Waals surface area contributed by atoms with Crippen LogP contribution >= 0.6 is 11.6 Å². The van der Waals surface area contributed by atoms with Crippen molar-refractivity contribution in [2.45, 2.75) is 37.1 Å². The van der Waals surface area contributed by atoms with Crippen LogP contribution in [-0.4, -0.2) is 44.2 Å². The van der Waals surface area contributed by atoms with E-state index in [9.17, 15) is 18.0 Å². The highest BCUT2D eigenvalue weighted by Gasteiger charge is 2.54. The van der Waals surface area contributed by atoms with Crippen LogP contribution in [0.25, 0.3) is 0 Å². The monoisotopic (exact) mass is 576 g/mol. The lowest BCUT2D eigenvalue weighted by Crippen LogP contribution is -2.38. The Hall–Kier alpha value is -3.63. The van der Waals surface area contributed by atoms with Crippen LogP contribution in [-0.2, 0) is 10.2 Å². The van der Waals surface area contributed by atoms with Crippen molar-refractivity contribution in [1.29, 1.82) is 0 Å². The minimum atomic E-state index is -4.85. The Morgan fingerprint density at radius 3 is 2.45 bits per heavy atom. The molecule has 1 fully saturated rings. The molecule has 1 unspecified atom stereocenters. The minimum Gasteiger partial charge on any atom is -0.497 e. The SMILES string of the molecule is COc1cc(NC(C(=O)N2CC3(CC3)c3ccc(OC(F)(F)F)cc32)c2ccc(Cl)cc2)cc(OCCCO)c1. The number of nitrogens with one attached hydrogen (secondary N) is 1. The molecule has 2 aliphatic rings. The summed E-state index contributed by atoms with van der Waals surface area (Å²) in [5.74, 6) is 0.246. The molecular formula is C29H28ClF3N2O5. The molecule has 1 amide bonds. The quantitative estimate of drug-likeness (QED) is 0.278. The number of alkyl halides is 3. The van der Waals surface area contributed by atoms with Crippen LogP contribution in [0.3, 0.4) is 0 Å². The molecule has 3 aromatic carbocycles. The first kappa shape index (κ1) is 27.9. The van der Waals surface area contributed by atoms with Gasteiger partial charge in [0.2, 0.25) is 0 Å². The highest BCUT2D eigenvalue weighted by Crippen LogP contribution is 2.57. The van der Waals surface area contributed by atoms with E-state index >= 15 is 0 Å². The zero-order valence-corrected chi connectivity index (χ0v) is 22.4. The number of methoxy groups -OCH3 is 1. The van der Waals surface area contributed by atoms with E-state index in [0.717, 1.165) is 18.4 Å². The summed E-state index contributed by atoms with van der Waals surface area (Å²) in [6, 6.07) is 15.2. The fourth-order valence-corrected chi connectivity index (χ4v) is 5.13. The van der Waals surface area contributed by atoms with Crippen molar-refractivity contribution in [2.24, 2.45) is 0 Å². The van der Waals surface area contributed by atoms with Gasteiger partial charge in [0.05, 0.1) is 19.4 Å². The van der Waals surface area contributed by atoms with Crippen molar-refractivity contribution < 1.29 is 37.3 Å². The van der Waals surface area contributed by atoms with Gasteiger partial charge >= 0.3 is 6.36 Å². The lowest BCUT2D eigenvalue weighted by Gasteiger charge is -2.27. The smallest absolute Gasteiger partial charge is 0.497 e. The number of rotatable bonds is 10. The number of benzene rings is 3. The molecule has 212 valence electrons. The third-order valence-electron chi connectivity index (χ3n) is 7.09. The fraction of sp³-hybridized carbons (Fsp3) is 0.345. The van der Waals surface area contributed by atoms with Gasteiger partial charge in [0, 0.05) is 60.0 Å². The minimum absolute atomic E-state index is 0.0171. The zero-order chi connectivity index (χ0) is 28.5. The standard InChI is InChI=1S/C29H28ClF3N2O5/c1-38-22-13-20(14-23(15-22)39-12-2-11-36)34-26(18-3-5-19(30)6-4-18)27(37)35-17-28(9-10-28)24-8-7-21(16-25(24)35)40-29(31,32)33/h3-8,13-16,26,34,36H,2,9-12,17H2,1H3. The average Bonchev–Trinajstić information content (AvgIpc) is 3.63. The summed E-state index contributed by atoms with van der Waals surface area (Å²) in [7, 11) is 1.51. The van der Waals surface area contributed by atoms with Gasteiger partial charge in [-0.2, -0.15) is 0 Å². The summed E-state index contributed by atoms with van der Waals surface area (Å²) in [6.07, 6.45) is -2.73. The first-order valence-electron chi connectivity index (χ1n) is 12.8. The predicted octanol–water partition coefficient (Wildman–Crippen LogP) is 6.24. The van der Waals surface area contributed by atoms with Gasteiger partial charge < -0.3 is 29.5 Å². The van der Waals surface area contributed by atoms with Crippen LogP contribution in [0.2, 0.25) is 5.02 Å². The van der Waals surface area contributed by atoms with Gasteiger partial charge in [-0.25, -0.2) is 0 Å². The highest BCUT2D eigenvalue weighted by molar-refractivity contribution is 6.30. The Morgan fingerprint density at radius 1 is 1.07 bits per heavy atom. The maximum atomic E-state index is 14.2. The lowest BCUT2D eigenvalue weighted by atomic mass is 9.99. The largest absolute Gasteiger partial charge is 0.573 e. The molecule has 0 bridgehead atoms. The number of ether oxygens (including phenoxy) is 3. The molecule has 1 aliphatic carbocycles. The van der Waals surface area contributed by atoms with Crippen LogP contribution in [0.15, 0.2) is 60.7 Å². The van der Waals surface area contributed by atoms with E-state index in [1.807, 2.05) is 0 Å². The molecule has 0 radical (unpaired) electrons. The molecule has 1 atom stereocenters. The number of hydrogen-bond acceptors (Lipinski definition) is 6. The van der Waals surface area contributed by atoms with E-state index < -0.39 is 12.4 Å². The molecule has 0 saturated heterocycles. The number of aliphatic hydroxyl groups is 1. The summed E-state index contributed by atoms with van der Waals surface area (Å²) in [6.45, 7) is 0.629. The number of anilines is 2. The van der Waals surface area contributed by atoms with Crippen LogP contribution < -0.4 is 24.4 Å². The molecular weight excluding hydrogens is 549 g/mol. The van der Waals surface area contributed by atoms with Gasteiger partial charge in [-0.05, 0) is 42.2 Å². The van der Waals surface area contributed by atoms with E-state index in [0.29, 0.717) is 46.4 Å². The molecule has 1 aliphatic heterocycles. The topological polar surface area (TPSA) is 80.3 Å². The fourth-order valence-electron chi connectivity index (χ4n) is 5.00. The first-order valence-corrected chi connectivity index (χ1v) is 13.1. The van der Waals surface area contributed by atoms with Crippen molar-refractivity contribution in [3.8, 4) is 17.2 Å². The van der Waals surface area contributed by atoms with Gasteiger partial charge in [0.25, 0.3) is 5.91 Å². The number of fused-ring (bicyclic) bond motifs is 2. The van der Waals surface area contributed by atoms with Gasteiger partial charge in [0.15, 0.2) is 0 Å². The number of amides is 1. The summed E-state index contributed by atoms with van der Waals surface area (Å²) < 4.78 is 54.2. The number of hydrogen-bond donors (Lipinski definition) is 2. The Morgan fingerprint density at radius 2 is 1.80 bits per heavy atom. The summed E-state index contributed by atoms with van der Waals surface area (Å²) in [4.78, 5) is 15.8. The summed E-state index contributed by atoms with van der Waals surface area (Å²) in [5, 5.41) is 12.8. The second-order valence-electron chi connectivity index (χ2n) is 9.88. The summed E-state index contributed by atoms with van der Waals surface area (Å²) >= 11 is 6.11. The van der Waals surface area contributed by atoms with Crippen LogP contribution in [0.5, 0.6) is 17.2 Å². The van der Waals surface area contributed by atoms with Gasteiger partial charge in [-0.1, -0.05) is 29.8 Å². The van der Waals surface area contributed by atoms with Crippen molar-refractivity contribution in [1.82, 2.24) is 0 Å². The molecule has 1 spiro atoms. The van der Waals surface area contributed by atoms with E-state index in [-0.39, 0.29) is 30.3 Å². The maximum Gasteiger partial charge on any atom is 0.573 e. The second kappa shape index (κ2) is 11.1. The number of nitrogens with zero attached hydrogens (tertiary/aromatic N) is 1. The van der Waals surface area contributed by atoms with Gasteiger partial charge in [-0.3, -0.25) is 4.79 Å². The molecule has 0 aromatic heterocycles. The van der Waals surface area contributed by atoms with Crippen molar-refractivity contribution >= 4 is 28.9 Å². The molecule has 1 heterocycles. The van der Waals surface area contributed by atoms with Crippen molar-refractivity contribution in [3.05, 3.63) is 76.8 Å². The summed E-state index contributed by atoms with van der Waals surface area (Å²) in [5.41, 5.74) is 2.12. The van der Waals surface area contributed by atoms with E-state index in [1.165, 1.54) is 24.1 Å². The van der Waals surface area contributed by atoms with Crippen molar-refractivity contribution in [3.63, 3.8) is 0 Å². The number of carbonyl (C=O) groups excluding carboxylic acids is 1. The zero-order valence-electron chi connectivity index (χ0n) is 21.6.